The molecule has 2 rings (SSSR count). The lowest BCUT2D eigenvalue weighted by molar-refractivity contribution is 0.383. The number of thioether (sulfide) groups is 1. The van der Waals surface area contributed by atoms with E-state index in [0.29, 0.717) is 11.8 Å². The molecule has 0 spiro atoms. The van der Waals surface area contributed by atoms with Crippen LogP contribution in [0.25, 0.3) is 0 Å². The van der Waals surface area contributed by atoms with E-state index in [9.17, 15) is 0 Å². The second kappa shape index (κ2) is 7.00. The summed E-state index contributed by atoms with van der Waals surface area (Å²) in [5.74, 6) is 1.17. The third-order valence-electron chi connectivity index (χ3n) is 4.63. The van der Waals surface area contributed by atoms with Gasteiger partial charge in [0.05, 0.1) is 10.4 Å². The van der Waals surface area contributed by atoms with Crippen molar-refractivity contribution in [3.63, 3.8) is 0 Å². The van der Waals surface area contributed by atoms with E-state index < -0.39 is 0 Å². The first kappa shape index (κ1) is 18.3. The molecule has 1 heterocycles. The summed E-state index contributed by atoms with van der Waals surface area (Å²) in [7, 11) is 0. The van der Waals surface area contributed by atoms with Gasteiger partial charge in [-0.1, -0.05) is 60.6 Å². The van der Waals surface area contributed by atoms with Crippen LogP contribution in [-0.2, 0) is 0 Å². The Morgan fingerprint density at radius 2 is 1.52 bits per heavy atom. The van der Waals surface area contributed by atoms with E-state index >= 15 is 0 Å². The molecule has 0 saturated heterocycles. The van der Waals surface area contributed by atoms with Crippen molar-refractivity contribution < 1.29 is 0 Å². The summed E-state index contributed by atoms with van der Waals surface area (Å²) in [6.07, 6.45) is 11.2. The summed E-state index contributed by atoms with van der Waals surface area (Å²) >= 11 is 1.94. The van der Waals surface area contributed by atoms with Crippen LogP contribution in [-0.4, -0.2) is 11.0 Å². The van der Waals surface area contributed by atoms with Gasteiger partial charge in [-0.05, 0) is 30.9 Å². The maximum absolute atomic E-state index is 4.71. The lowest BCUT2D eigenvalue weighted by atomic mass is 9.79. The lowest BCUT2D eigenvalue weighted by Gasteiger charge is -2.32. The van der Waals surface area contributed by atoms with Crippen LogP contribution < -0.4 is 0 Å². The molecule has 1 aliphatic carbocycles. The molecule has 0 radical (unpaired) electrons. The van der Waals surface area contributed by atoms with E-state index in [1.54, 1.807) is 0 Å². The molecule has 0 bridgehead atoms. The van der Waals surface area contributed by atoms with Crippen molar-refractivity contribution in [1.82, 2.24) is 0 Å². The van der Waals surface area contributed by atoms with Gasteiger partial charge in [0.2, 0.25) is 0 Å². The van der Waals surface area contributed by atoms with Gasteiger partial charge in [0.25, 0.3) is 0 Å². The van der Waals surface area contributed by atoms with Gasteiger partial charge < -0.3 is 0 Å². The molecule has 1 nitrogen and oxygen atoms in total. The van der Waals surface area contributed by atoms with E-state index in [2.05, 4.69) is 72.1 Å². The summed E-state index contributed by atoms with van der Waals surface area (Å²) in [5, 5.41) is 0. The minimum atomic E-state index is 0.107. The summed E-state index contributed by atoms with van der Waals surface area (Å²) < 4.78 is 0.107. The first-order valence-corrected chi connectivity index (χ1v) is 8.95. The highest BCUT2D eigenvalue weighted by atomic mass is 32.2. The smallest absolute Gasteiger partial charge is 0.0759 e. The highest BCUT2D eigenvalue weighted by Crippen LogP contribution is 2.44. The van der Waals surface area contributed by atoms with Crippen molar-refractivity contribution in [2.45, 2.75) is 60.1 Å². The van der Waals surface area contributed by atoms with Gasteiger partial charge in [-0.15, -0.1) is 11.8 Å². The molecular weight excluding hydrogens is 274 g/mol. The number of nitrogens with zero attached hydrogens (tertiary/aromatic N) is 1. The van der Waals surface area contributed by atoms with Crippen LogP contribution >= 0.6 is 11.8 Å². The van der Waals surface area contributed by atoms with Crippen molar-refractivity contribution in [1.29, 1.82) is 0 Å². The Morgan fingerprint density at radius 1 is 0.952 bits per heavy atom. The Bertz CT molecular complexity index is 482. The number of allylic oxidation sites excluding steroid dienone is 4. The van der Waals surface area contributed by atoms with Gasteiger partial charge in [-0.3, -0.25) is 4.99 Å². The first-order chi connectivity index (χ1) is 9.77. The standard InChI is InChI=1S/C17H25NS.C2H6/c1-12(2)16(5)9-7-14-15(8-10-16)19-17(6,11-18-14)13(3)4;1-2/h7-13H,1-6H3;1-2H3. The molecule has 0 aromatic heterocycles. The number of hydrogen-bond donors (Lipinski definition) is 0. The molecule has 21 heavy (non-hydrogen) atoms. The molecule has 0 N–H and O–H groups in total. The van der Waals surface area contributed by atoms with Crippen molar-refractivity contribution in [2.24, 2.45) is 22.2 Å². The van der Waals surface area contributed by atoms with Gasteiger partial charge in [-0.2, -0.15) is 0 Å². The Kier molecular flexibility index (Phi) is 6.10. The Hall–Kier alpha value is -0.760. The highest BCUT2D eigenvalue weighted by Gasteiger charge is 2.33. The van der Waals surface area contributed by atoms with Crippen LogP contribution in [0.5, 0.6) is 0 Å². The van der Waals surface area contributed by atoms with Crippen molar-refractivity contribution in [3.05, 3.63) is 34.9 Å². The zero-order chi connectivity index (χ0) is 16.3. The minimum absolute atomic E-state index is 0.107. The van der Waals surface area contributed by atoms with E-state index in [1.807, 2.05) is 25.6 Å². The van der Waals surface area contributed by atoms with E-state index in [4.69, 9.17) is 4.99 Å². The van der Waals surface area contributed by atoms with Gasteiger partial charge in [0.1, 0.15) is 0 Å². The van der Waals surface area contributed by atoms with Gasteiger partial charge in [-0.25, -0.2) is 0 Å². The molecule has 0 amide bonds. The molecule has 0 fully saturated rings. The summed E-state index contributed by atoms with van der Waals surface area (Å²) in [6.45, 7) is 17.6. The molecule has 2 unspecified atom stereocenters. The SMILES string of the molecule is CC.CC(C)C1(C)C=CC2=C(C=C1)SC(C)(C(C)C)C=N2. The molecular formula is C19H31NS. The average molecular weight is 306 g/mol. The predicted molar refractivity (Wildman–Crippen MR) is 98.9 cm³/mol. The fourth-order valence-corrected chi connectivity index (χ4v) is 3.22. The molecule has 2 heteroatoms. The van der Waals surface area contributed by atoms with Crippen molar-refractivity contribution in [2.75, 3.05) is 0 Å². The number of rotatable bonds is 2. The quantitative estimate of drug-likeness (QED) is 0.587. The number of aliphatic imine (C=N–C) groups is 1. The maximum Gasteiger partial charge on any atom is 0.0759 e. The Labute approximate surface area is 135 Å². The van der Waals surface area contributed by atoms with E-state index in [-0.39, 0.29) is 10.2 Å². The van der Waals surface area contributed by atoms with Crippen LogP contribution in [0.15, 0.2) is 39.9 Å². The second-order valence-corrected chi connectivity index (χ2v) is 8.16. The third-order valence-corrected chi connectivity index (χ3v) is 6.21. The van der Waals surface area contributed by atoms with Gasteiger partial charge in [0, 0.05) is 16.5 Å². The molecule has 1 aliphatic heterocycles. The van der Waals surface area contributed by atoms with E-state index in [1.165, 1.54) is 4.91 Å². The molecule has 0 saturated carbocycles. The zero-order valence-electron chi connectivity index (χ0n) is 14.9. The minimum Gasteiger partial charge on any atom is -0.259 e. The highest BCUT2D eigenvalue weighted by molar-refractivity contribution is 8.05. The average Bonchev–Trinajstić information content (AvgIpc) is 2.62. The molecule has 0 aromatic carbocycles. The van der Waals surface area contributed by atoms with E-state index in [0.717, 1.165) is 5.70 Å². The predicted octanol–water partition coefficient (Wildman–Crippen LogP) is 6.24. The molecule has 2 aliphatic rings. The second-order valence-electron chi connectivity index (χ2n) is 6.64. The maximum atomic E-state index is 4.71. The van der Waals surface area contributed by atoms with Crippen molar-refractivity contribution >= 4 is 18.0 Å². The first-order valence-electron chi connectivity index (χ1n) is 8.14. The van der Waals surface area contributed by atoms with Crippen LogP contribution in [0.1, 0.15) is 55.4 Å². The van der Waals surface area contributed by atoms with Crippen LogP contribution in [0.4, 0.5) is 0 Å². The van der Waals surface area contributed by atoms with Crippen LogP contribution in [0.3, 0.4) is 0 Å². The van der Waals surface area contributed by atoms with Crippen LogP contribution in [0.2, 0.25) is 0 Å². The van der Waals surface area contributed by atoms with Crippen molar-refractivity contribution in [3.8, 4) is 0 Å². The summed E-state index contributed by atoms with van der Waals surface area (Å²) in [5.41, 5.74) is 1.24. The lowest BCUT2D eigenvalue weighted by Crippen LogP contribution is -2.31. The fraction of sp³-hybridized carbons (Fsp3) is 0.632. The van der Waals surface area contributed by atoms with Gasteiger partial charge in [0.15, 0.2) is 0 Å². The van der Waals surface area contributed by atoms with Gasteiger partial charge >= 0.3 is 0 Å². The summed E-state index contributed by atoms with van der Waals surface area (Å²) in [6, 6.07) is 0. The Balaban J connectivity index is 0.00000106. The fourth-order valence-electron chi connectivity index (χ4n) is 2.04. The number of hydrogen-bond acceptors (Lipinski definition) is 2. The molecule has 2 atom stereocenters. The topological polar surface area (TPSA) is 12.4 Å². The molecule has 118 valence electrons. The van der Waals surface area contributed by atoms with Crippen LogP contribution in [0, 0.1) is 17.3 Å². The summed E-state index contributed by atoms with van der Waals surface area (Å²) in [4.78, 5) is 6.01. The third kappa shape index (κ3) is 3.91. The largest absolute Gasteiger partial charge is 0.259 e. The molecule has 0 aromatic rings. The Morgan fingerprint density at radius 3 is 2.05 bits per heavy atom. The monoisotopic (exact) mass is 305 g/mol. The normalized spacial score (nSPS) is 31.1. The zero-order valence-corrected chi connectivity index (χ0v) is 15.7.